The fraction of sp³-hybridized carbons (Fsp3) is 0.875. The zero-order valence-corrected chi connectivity index (χ0v) is 16.9. The molecule has 1 aromatic rings. The first-order valence-corrected chi connectivity index (χ1v) is 11.8. The molecule has 0 radical (unpaired) electrons. The molecule has 2 aliphatic rings. The van der Waals surface area contributed by atoms with Crippen molar-refractivity contribution >= 4 is 21.6 Å². The third kappa shape index (κ3) is 4.96. The summed E-state index contributed by atoms with van der Waals surface area (Å²) >= 11 is 1.66. The Kier molecular flexibility index (Phi) is 6.07. The molecule has 7 nitrogen and oxygen atoms in total. The van der Waals surface area contributed by atoms with Crippen molar-refractivity contribution in [3.05, 3.63) is 5.82 Å². The lowest BCUT2D eigenvalue weighted by Gasteiger charge is -2.30. The highest BCUT2D eigenvalue weighted by Gasteiger charge is 2.33. The van der Waals surface area contributed by atoms with Crippen molar-refractivity contribution in [1.29, 1.82) is 0 Å². The van der Waals surface area contributed by atoms with E-state index < -0.39 is 9.84 Å². The van der Waals surface area contributed by atoms with Crippen LogP contribution in [-0.4, -0.2) is 72.8 Å². The lowest BCUT2D eigenvalue weighted by atomic mass is 10.1. The van der Waals surface area contributed by atoms with Crippen LogP contribution in [0.1, 0.15) is 32.0 Å². The van der Waals surface area contributed by atoms with Crippen LogP contribution >= 0.6 is 11.8 Å². The smallest absolute Gasteiger partial charge is 0.191 e. The van der Waals surface area contributed by atoms with Gasteiger partial charge in [-0.3, -0.25) is 0 Å². The lowest BCUT2D eigenvalue weighted by Crippen LogP contribution is -3.15. The quantitative estimate of drug-likeness (QED) is 0.676. The van der Waals surface area contributed by atoms with Gasteiger partial charge in [-0.1, -0.05) is 25.6 Å². The van der Waals surface area contributed by atoms with Crippen LogP contribution in [0.5, 0.6) is 0 Å². The standard InChI is InChI=1S/C16H28N4O3S2/c1-12(2)8-20-5-6-23-14(9-20)10-24-16-18-17-15(19(16)3)13-4-7-25(21,22)11-13/h12-14H,4-11H2,1-3H3/p+1/t13-,14+/m1/s1. The van der Waals surface area contributed by atoms with Gasteiger partial charge in [-0.2, -0.15) is 0 Å². The monoisotopic (exact) mass is 389 g/mol. The Balaban J connectivity index is 1.55. The summed E-state index contributed by atoms with van der Waals surface area (Å²) in [6, 6.07) is 0. The Morgan fingerprint density at radius 1 is 1.40 bits per heavy atom. The topological polar surface area (TPSA) is 78.5 Å². The molecule has 0 amide bonds. The molecule has 142 valence electrons. The highest BCUT2D eigenvalue weighted by molar-refractivity contribution is 7.99. The van der Waals surface area contributed by atoms with Crippen LogP contribution in [0.25, 0.3) is 0 Å². The molecule has 2 fully saturated rings. The molecule has 2 saturated heterocycles. The SMILES string of the molecule is CC(C)C[NH+]1CCO[C@H](CSc2nnc([C@@H]3CCS(=O)(=O)C3)n2C)C1. The Labute approximate surface area is 154 Å². The molecule has 1 unspecified atom stereocenters. The van der Waals surface area contributed by atoms with E-state index in [2.05, 4.69) is 24.0 Å². The van der Waals surface area contributed by atoms with Gasteiger partial charge in [-0.15, -0.1) is 10.2 Å². The second-order valence-corrected chi connectivity index (χ2v) is 10.8. The molecule has 9 heteroatoms. The number of morpholine rings is 1. The summed E-state index contributed by atoms with van der Waals surface area (Å²) < 4.78 is 31.2. The average Bonchev–Trinajstić information content (AvgIpc) is 3.07. The summed E-state index contributed by atoms with van der Waals surface area (Å²) in [4.78, 5) is 1.61. The van der Waals surface area contributed by atoms with Crippen LogP contribution in [0.4, 0.5) is 0 Å². The van der Waals surface area contributed by atoms with Gasteiger partial charge in [0, 0.05) is 24.6 Å². The molecule has 0 spiro atoms. The summed E-state index contributed by atoms with van der Waals surface area (Å²) in [5.74, 6) is 2.79. The normalized spacial score (nSPS) is 29.4. The van der Waals surface area contributed by atoms with Crippen molar-refractivity contribution in [2.75, 3.05) is 43.5 Å². The highest BCUT2D eigenvalue weighted by Crippen LogP contribution is 2.29. The van der Waals surface area contributed by atoms with Crippen molar-refractivity contribution in [2.24, 2.45) is 13.0 Å². The second-order valence-electron chi connectivity index (χ2n) is 7.61. The summed E-state index contributed by atoms with van der Waals surface area (Å²) in [7, 11) is -0.976. The Bertz CT molecular complexity index is 690. The summed E-state index contributed by atoms with van der Waals surface area (Å²) in [5.41, 5.74) is 0. The summed E-state index contributed by atoms with van der Waals surface area (Å²) in [6.45, 7) is 8.65. The first-order valence-electron chi connectivity index (χ1n) is 9.01. The van der Waals surface area contributed by atoms with E-state index in [4.69, 9.17) is 4.74 Å². The first-order chi connectivity index (χ1) is 11.8. The fourth-order valence-corrected chi connectivity index (χ4v) is 6.37. The largest absolute Gasteiger partial charge is 0.366 e. The third-order valence-corrected chi connectivity index (χ3v) is 7.81. The number of quaternary nitrogens is 1. The predicted octanol–water partition coefficient (Wildman–Crippen LogP) is -0.251. The fourth-order valence-electron chi connectivity index (χ4n) is 3.70. The van der Waals surface area contributed by atoms with Crippen LogP contribution in [0.15, 0.2) is 5.16 Å². The first kappa shape index (κ1) is 19.1. The van der Waals surface area contributed by atoms with Crippen molar-refractivity contribution < 1.29 is 18.1 Å². The molecule has 0 aliphatic carbocycles. The third-order valence-electron chi connectivity index (χ3n) is 4.89. The van der Waals surface area contributed by atoms with E-state index in [1.165, 1.54) is 6.54 Å². The molecule has 2 aliphatic heterocycles. The van der Waals surface area contributed by atoms with Crippen molar-refractivity contribution in [1.82, 2.24) is 14.8 Å². The van der Waals surface area contributed by atoms with Gasteiger partial charge in [-0.05, 0) is 6.42 Å². The Morgan fingerprint density at radius 3 is 2.88 bits per heavy atom. The van der Waals surface area contributed by atoms with Gasteiger partial charge < -0.3 is 14.2 Å². The van der Waals surface area contributed by atoms with E-state index in [1.807, 2.05) is 11.6 Å². The summed E-state index contributed by atoms with van der Waals surface area (Å²) in [6.07, 6.45) is 0.887. The Hall–Kier alpha value is -0.640. The van der Waals surface area contributed by atoms with Crippen molar-refractivity contribution in [3.63, 3.8) is 0 Å². The van der Waals surface area contributed by atoms with Crippen LogP contribution in [0.2, 0.25) is 0 Å². The van der Waals surface area contributed by atoms with Crippen LogP contribution in [0, 0.1) is 5.92 Å². The van der Waals surface area contributed by atoms with Gasteiger partial charge in [0.15, 0.2) is 15.0 Å². The lowest BCUT2D eigenvalue weighted by molar-refractivity contribution is -0.914. The number of rotatable bonds is 6. The van der Waals surface area contributed by atoms with Crippen molar-refractivity contribution in [3.8, 4) is 0 Å². The minimum atomic E-state index is -2.91. The van der Waals surface area contributed by atoms with E-state index in [0.29, 0.717) is 12.3 Å². The van der Waals surface area contributed by atoms with E-state index in [1.54, 1.807) is 16.7 Å². The van der Waals surface area contributed by atoms with Gasteiger partial charge in [0.05, 0.1) is 24.7 Å². The molecular weight excluding hydrogens is 360 g/mol. The van der Waals surface area contributed by atoms with E-state index in [9.17, 15) is 8.42 Å². The number of aromatic nitrogens is 3. The number of thioether (sulfide) groups is 1. The molecule has 3 heterocycles. The molecule has 0 bridgehead atoms. The van der Waals surface area contributed by atoms with E-state index in [0.717, 1.165) is 36.4 Å². The number of hydrogen-bond acceptors (Lipinski definition) is 6. The van der Waals surface area contributed by atoms with Gasteiger partial charge in [0.1, 0.15) is 25.0 Å². The second kappa shape index (κ2) is 7.94. The Morgan fingerprint density at radius 2 is 2.20 bits per heavy atom. The molecule has 0 aromatic carbocycles. The van der Waals surface area contributed by atoms with Crippen LogP contribution < -0.4 is 4.90 Å². The van der Waals surface area contributed by atoms with E-state index in [-0.39, 0.29) is 23.5 Å². The van der Waals surface area contributed by atoms with Crippen LogP contribution in [-0.2, 0) is 21.6 Å². The molecule has 1 aromatic heterocycles. The number of nitrogens with zero attached hydrogens (tertiary/aromatic N) is 3. The van der Waals surface area contributed by atoms with Gasteiger partial charge >= 0.3 is 0 Å². The molecule has 3 rings (SSSR count). The minimum absolute atomic E-state index is 0.0197. The average molecular weight is 390 g/mol. The predicted molar refractivity (Wildman–Crippen MR) is 97.9 cm³/mol. The zero-order chi connectivity index (χ0) is 18.0. The maximum atomic E-state index is 11.7. The maximum absolute atomic E-state index is 11.7. The maximum Gasteiger partial charge on any atom is 0.191 e. The van der Waals surface area contributed by atoms with Crippen molar-refractivity contribution in [2.45, 2.75) is 37.4 Å². The van der Waals surface area contributed by atoms with Gasteiger partial charge in [-0.25, -0.2) is 8.42 Å². The van der Waals surface area contributed by atoms with Gasteiger partial charge in [0.2, 0.25) is 0 Å². The van der Waals surface area contributed by atoms with Gasteiger partial charge in [0.25, 0.3) is 0 Å². The minimum Gasteiger partial charge on any atom is -0.366 e. The molecule has 1 N–H and O–H groups in total. The molecule has 25 heavy (non-hydrogen) atoms. The molecular formula is C16H29N4O3S2+. The van der Waals surface area contributed by atoms with Crippen LogP contribution in [0.3, 0.4) is 0 Å². The molecule has 3 atom stereocenters. The number of hydrogen-bond donors (Lipinski definition) is 1. The zero-order valence-electron chi connectivity index (χ0n) is 15.3. The summed E-state index contributed by atoms with van der Waals surface area (Å²) in [5, 5.41) is 9.39. The van der Waals surface area contributed by atoms with E-state index >= 15 is 0 Å². The number of nitrogens with one attached hydrogen (secondary N) is 1. The highest BCUT2D eigenvalue weighted by atomic mass is 32.2. The number of sulfone groups is 1. The molecule has 0 saturated carbocycles. The number of ether oxygens (including phenoxy) is 1.